The van der Waals surface area contributed by atoms with Gasteiger partial charge in [-0.25, -0.2) is 14.2 Å². The van der Waals surface area contributed by atoms with Crippen molar-refractivity contribution >= 4 is 28.5 Å². The summed E-state index contributed by atoms with van der Waals surface area (Å²) in [6, 6.07) is 23.5. The number of hydrogen-bond acceptors (Lipinski definition) is 4. The van der Waals surface area contributed by atoms with Crippen LogP contribution in [-0.2, 0) is 11.2 Å². The van der Waals surface area contributed by atoms with Crippen molar-refractivity contribution < 1.29 is 18.7 Å². The highest BCUT2D eigenvalue weighted by Crippen LogP contribution is 2.36. The minimum Gasteiger partial charge on any atom is -0.490 e. The largest absolute Gasteiger partial charge is 0.490 e. The lowest BCUT2D eigenvalue weighted by Gasteiger charge is -2.22. The number of rotatable bonds is 6. The van der Waals surface area contributed by atoms with Gasteiger partial charge in [0.2, 0.25) is 0 Å². The molecule has 5 rings (SSSR count). The van der Waals surface area contributed by atoms with Crippen LogP contribution in [0.3, 0.4) is 0 Å². The van der Waals surface area contributed by atoms with Gasteiger partial charge in [-0.3, -0.25) is 0 Å². The van der Waals surface area contributed by atoms with Gasteiger partial charge in [-0.1, -0.05) is 48.5 Å². The summed E-state index contributed by atoms with van der Waals surface area (Å²) in [6.45, 7) is 0.425. The van der Waals surface area contributed by atoms with Crippen molar-refractivity contribution in [1.82, 2.24) is 4.98 Å². The number of benzene rings is 3. The minimum atomic E-state index is -0.366. The Labute approximate surface area is 197 Å². The Morgan fingerprint density at radius 3 is 2.50 bits per heavy atom. The summed E-state index contributed by atoms with van der Waals surface area (Å²) in [6.07, 6.45) is 4.52. The fraction of sp³-hybridized carbons (Fsp3) is 0.172. The van der Waals surface area contributed by atoms with Gasteiger partial charge in [0.25, 0.3) is 0 Å². The van der Waals surface area contributed by atoms with Crippen LogP contribution in [0.5, 0.6) is 5.75 Å². The molecule has 34 heavy (non-hydrogen) atoms. The van der Waals surface area contributed by atoms with E-state index in [-0.39, 0.29) is 25.0 Å². The summed E-state index contributed by atoms with van der Waals surface area (Å²) in [7, 11) is 0. The minimum absolute atomic E-state index is 0.150. The molecule has 4 aromatic rings. The van der Waals surface area contributed by atoms with E-state index in [1.165, 1.54) is 12.1 Å². The maximum absolute atomic E-state index is 13.4. The van der Waals surface area contributed by atoms with E-state index in [9.17, 15) is 9.18 Å². The molecule has 1 aliphatic rings. The number of fused-ring (bicyclic) bond motifs is 2. The Morgan fingerprint density at radius 2 is 1.68 bits per heavy atom. The molecule has 1 aliphatic carbocycles. The van der Waals surface area contributed by atoms with Gasteiger partial charge in [0, 0.05) is 5.39 Å². The Morgan fingerprint density at radius 1 is 0.912 bits per heavy atom. The molecule has 3 aromatic carbocycles. The first kappa shape index (κ1) is 21.8. The molecule has 0 atom stereocenters. The van der Waals surface area contributed by atoms with Crippen LogP contribution in [0.25, 0.3) is 22.6 Å². The molecule has 0 saturated heterocycles. The number of allylic oxidation sites excluding steroid dienone is 1. The SMILES string of the molecule is O=C(OCCOc1ccccc1)c1c2c(nc3ccccc13)C(=Cc1ccc(F)cc1)CCC2. The van der Waals surface area contributed by atoms with Crippen LogP contribution in [0.15, 0.2) is 78.9 Å². The molecule has 0 bridgehead atoms. The molecule has 170 valence electrons. The van der Waals surface area contributed by atoms with E-state index < -0.39 is 0 Å². The first-order valence-electron chi connectivity index (χ1n) is 11.4. The first-order valence-corrected chi connectivity index (χ1v) is 11.4. The summed E-state index contributed by atoms with van der Waals surface area (Å²) in [5.74, 6) is 0.104. The van der Waals surface area contributed by atoms with Gasteiger partial charge in [0.05, 0.1) is 16.8 Å². The van der Waals surface area contributed by atoms with E-state index in [0.29, 0.717) is 5.56 Å². The third kappa shape index (κ3) is 4.69. The second-order valence-electron chi connectivity index (χ2n) is 8.20. The van der Waals surface area contributed by atoms with Gasteiger partial charge >= 0.3 is 5.97 Å². The number of esters is 1. The van der Waals surface area contributed by atoms with E-state index in [1.807, 2.05) is 60.7 Å². The molecular formula is C29H24FNO3. The third-order valence-corrected chi connectivity index (χ3v) is 5.91. The van der Waals surface area contributed by atoms with Crippen molar-refractivity contribution in [3.05, 3.63) is 107 Å². The smallest absolute Gasteiger partial charge is 0.339 e. The predicted molar refractivity (Wildman–Crippen MR) is 131 cm³/mol. The van der Waals surface area contributed by atoms with Crippen molar-refractivity contribution in [3.63, 3.8) is 0 Å². The van der Waals surface area contributed by atoms with Crippen LogP contribution < -0.4 is 4.74 Å². The molecule has 1 heterocycles. The van der Waals surface area contributed by atoms with Crippen molar-refractivity contribution in [2.75, 3.05) is 13.2 Å². The Bertz CT molecular complexity index is 1350. The first-order chi connectivity index (χ1) is 16.7. The summed E-state index contributed by atoms with van der Waals surface area (Å²) < 4.78 is 24.6. The van der Waals surface area contributed by atoms with Crippen molar-refractivity contribution in [2.45, 2.75) is 19.3 Å². The lowest BCUT2D eigenvalue weighted by Crippen LogP contribution is -2.17. The highest BCUT2D eigenvalue weighted by molar-refractivity contribution is 6.06. The maximum atomic E-state index is 13.4. The molecule has 0 spiro atoms. The number of pyridine rings is 1. The van der Waals surface area contributed by atoms with Crippen molar-refractivity contribution in [2.24, 2.45) is 0 Å². The number of para-hydroxylation sites is 2. The average Bonchev–Trinajstić information content (AvgIpc) is 2.87. The second-order valence-corrected chi connectivity index (χ2v) is 8.20. The fourth-order valence-corrected chi connectivity index (χ4v) is 4.35. The van der Waals surface area contributed by atoms with Gasteiger partial charge in [-0.2, -0.15) is 0 Å². The van der Waals surface area contributed by atoms with E-state index in [4.69, 9.17) is 14.5 Å². The average molecular weight is 454 g/mol. The van der Waals surface area contributed by atoms with Crippen LogP contribution in [0, 0.1) is 5.82 Å². The Kier molecular flexibility index (Phi) is 6.34. The van der Waals surface area contributed by atoms with Crippen LogP contribution in [0.1, 0.15) is 40.0 Å². The molecule has 0 fully saturated rings. The Balaban J connectivity index is 1.45. The monoisotopic (exact) mass is 453 g/mol. The highest BCUT2D eigenvalue weighted by atomic mass is 19.1. The third-order valence-electron chi connectivity index (χ3n) is 5.91. The molecule has 0 unspecified atom stereocenters. The van der Waals surface area contributed by atoms with E-state index in [0.717, 1.165) is 58.3 Å². The molecule has 0 amide bonds. The zero-order valence-corrected chi connectivity index (χ0v) is 18.7. The number of halogens is 1. The number of aromatic nitrogens is 1. The van der Waals surface area contributed by atoms with E-state index in [1.54, 1.807) is 12.1 Å². The topological polar surface area (TPSA) is 48.4 Å². The summed E-state index contributed by atoms with van der Waals surface area (Å²) >= 11 is 0. The van der Waals surface area contributed by atoms with E-state index >= 15 is 0 Å². The molecule has 0 N–H and O–H groups in total. The number of ether oxygens (including phenoxy) is 2. The Hall–Kier alpha value is -3.99. The predicted octanol–water partition coefficient (Wildman–Crippen LogP) is 6.49. The molecule has 0 radical (unpaired) electrons. The summed E-state index contributed by atoms with van der Waals surface area (Å²) in [5, 5.41) is 0.790. The van der Waals surface area contributed by atoms with Gasteiger partial charge in [-0.15, -0.1) is 0 Å². The zero-order chi connectivity index (χ0) is 23.3. The van der Waals surface area contributed by atoms with Gasteiger partial charge in [0.15, 0.2) is 0 Å². The van der Waals surface area contributed by atoms with Gasteiger partial charge in [0.1, 0.15) is 24.8 Å². The van der Waals surface area contributed by atoms with Gasteiger partial charge in [-0.05, 0) is 72.4 Å². The van der Waals surface area contributed by atoms with Crippen molar-refractivity contribution in [3.8, 4) is 5.75 Å². The standard InChI is InChI=1S/C29H24FNO3/c30-22-15-13-20(14-16-22)19-21-7-6-11-25-27(24-10-4-5-12-26(24)31-28(21)25)29(32)34-18-17-33-23-8-2-1-3-9-23/h1-5,8-10,12-16,19H,6-7,11,17-18H2. The zero-order valence-electron chi connectivity index (χ0n) is 18.7. The number of carbonyl (C=O) groups is 1. The molecule has 0 saturated carbocycles. The highest BCUT2D eigenvalue weighted by Gasteiger charge is 2.26. The van der Waals surface area contributed by atoms with Crippen LogP contribution in [-0.4, -0.2) is 24.2 Å². The maximum Gasteiger partial charge on any atom is 0.339 e. The molecule has 1 aromatic heterocycles. The quantitative estimate of drug-likeness (QED) is 0.247. The van der Waals surface area contributed by atoms with Crippen LogP contribution in [0.4, 0.5) is 4.39 Å². The fourth-order valence-electron chi connectivity index (χ4n) is 4.35. The normalized spacial score (nSPS) is 14.1. The summed E-state index contributed by atoms with van der Waals surface area (Å²) in [5.41, 5.74) is 5.00. The number of hydrogen-bond donors (Lipinski definition) is 0. The number of nitrogens with zero attached hydrogens (tertiary/aromatic N) is 1. The second kappa shape index (κ2) is 9.87. The van der Waals surface area contributed by atoms with Crippen LogP contribution >= 0.6 is 0 Å². The van der Waals surface area contributed by atoms with E-state index in [2.05, 4.69) is 0 Å². The van der Waals surface area contributed by atoms with Crippen molar-refractivity contribution in [1.29, 1.82) is 0 Å². The lowest BCUT2D eigenvalue weighted by molar-refractivity contribution is 0.0451. The molecular weight excluding hydrogens is 429 g/mol. The van der Waals surface area contributed by atoms with Crippen LogP contribution in [0.2, 0.25) is 0 Å². The molecule has 4 nitrogen and oxygen atoms in total. The lowest BCUT2D eigenvalue weighted by atomic mass is 9.86. The number of carbonyl (C=O) groups excluding carboxylic acids is 1. The molecule has 0 aliphatic heterocycles. The molecule has 5 heteroatoms. The summed E-state index contributed by atoms with van der Waals surface area (Å²) in [4.78, 5) is 18.2. The van der Waals surface area contributed by atoms with Gasteiger partial charge < -0.3 is 9.47 Å².